The highest BCUT2D eigenvalue weighted by Gasteiger charge is 2.41. The summed E-state index contributed by atoms with van der Waals surface area (Å²) in [6.07, 6.45) is 5.50. The molecule has 160 valence electrons. The van der Waals surface area contributed by atoms with E-state index in [1.54, 1.807) is 0 Å². The third kappa shape index (κ3) is 3.67. The highest BCUT2D eigenvalue weighted by molar-refractivity contribution is 7.80. The van der Waals surface area contributed by atoms with E-state index in [-0.39, 0.29) is 12.1 Å². The van der Waals surface area contributed by atoms with Gasteiger partial charge in [0.05, 0.1) is 17.8 Å². The number of thiocarbonyl (C=S) groups is 1. The molecule has 1 aliphatic rings. The van der Waals surface area contributed by atoms with Crippen LogP contribution >= 0.6 is 12.2 Å². The van der Waals surface area contributed by atoms with E-state index in [0.29, 0.717) is 6.54 Å². The molecule has 1 aliphatic heterocycles. The van der Waals surface area contributed by atoms with Gasteiger partial charge in [-0.05, 0) is 79.7 Å². The fourth-order valence-electron chi connectivity index (χ4n) is 4.66. The number of nitrogens with one attached hydrogen (secondary N) is 1. The van der Waals surface area contributed by atoms with Crippen LogP contribution in [0.5, 0.6) is 0 Å². The zero-order chi connectivity index (χ0) is 22.1. The Balaban J connectivity index is 1.62. The quantitative estimate of drug-likeness (QED) is 0.441. The first kappa shape index (κ1) is 20.4. The second kappa shape index (κ2) is 8.55. The Bertz CT molecular complexity index is 1220. The Kier molecular flexibility index (Phi) is 5.45. The highest BCUT2D eigenvalue weighted by atomic mass is 32.1. The van der Waals surface area contributed by atoms with Crippen molar-refractivity contribution in [2.45, 2.75) is 32.5 Å². The highest BCUT2D eigenvalue weighted by Crippen LogP contribution is 2.42. The number of aryl methyl sites for hydroxylation is 1. The van der Waals surface area contributed by atoms with Gasteiger partial charge in [0, 0.05) is 42.2 Å². The first-order valence-electron chi connectivity index (χ1n) is 10.7. The number of pyridine rings is 2. The van der Waals surface area contributed by atoms with E-state index in [4.69, 9.17) is 12.2 Å². The summed E-state index contributed by atoms with van der Waals surface area (Å²) in [7, 11) is 0. The average Bonchev–Trinajstić information content (AvgIpc) is 3.30. The summed E-state index contributed by atoms with van der Waals surface area (Å²) >= 11 is 5.83. The van der Waals surface area contributed by atoms with Crippen LogP contribution in [0.1, 0.15) is 40.3 Å². The van der Waals surface area contributed by atoms with Gasteiger partial charge in [-0.2, -0.15) is 0 Å². The molecule has 4 aromatic rings. The third-order valence-corrected chi connectivity index (χ3v) is 6.46. The van der Waals surface area contributed by atoms with Crippen molar-refractivity contribution in [1.82, 2.24) is 24.8 Å². The lowest BCUT2D eigenvalue weighted by Crippen LogP contribution is -2.29. The van der Waals surface area contributed by atoms with Crippen molar-refractivity contribution in [3.63, 3.8) is 0 Å². The molecule has 0 saturated carbocycles. The molecule has 2 atom stereocenters. The molecule has 5 rings (SSSR count). The van der Waals surface area contributed by atoms with Crippen molar-refractivity contribution < 1.29 is 0 Å². The van der Waals surface area contributed by atoms with Gasteiger partial charge in [-0.1, -0.05) is 24.3 Å². The topological polar surface area (TPSA) is 46.0 Å². The molecule has 6 heteroatoms. The lowest BCUT2D eigenvalue weighted by atomic mass is 9.96. The van der Waals surface area contributed by atoms with E-state index < -0.39 is 0 Å². The molecule has 4 heterocycles. The average molecular weight is 440 g/mol. The monoisotopic (exact) mass is 439 g/mol. The van der Waals surface area contributed by atoms with Gasteiger partial charge in [-0.15, -0.1) is 0 Å². The molecule has 0 aliphatic carbocycles. The Morgan fingerprint density at radius 3 is 2.41 bits per heavy atom. The fraction of sp³-hybridized carbons (Fsp3) is 0.192. The zero-order valence-corrected chi connectivity index (χ0v) is 19.0. The minimum Gasteiger partial charge on any atom is -0.352 e. The molecule has 0 spiro atoms. The van der Waals surface area contributed by atoms with Crippen LogP contribution in [0.25, 0.3) is 5.69 Å². The maximum atomic E-state index is 5.83. The van der Waals surface area contributed by atoms with Crippen LogP contribution in [0.15, 0.2) is 85.3 Å². The zero-order valence-electron chi connectivity index (χ0n) is 18.1. The van der Waals surface area contributed by atoms with Crippen molar-refractivity contribution in [2.75, 3.05) is 0 Å². The number of aromatic nitrogens is 3. The summed E-state index contributed by atoms with van der Waals surface area (Å²) in [4.78, 5) is 11.1. The minimum atomic E-state index is -0.0322. The molecule has 1 fully saturated rings. The van der Waals surface area contributed by atoms with E-state index in [9.17, 15) is 0 Å². The summed E-state index contributed by atoms with van der Waals surface area (Å²) in [6, 6.07) is 22.9. The Morgan fingerprint density at radius 1 is 0.938 bits per heavy atom. The summed E-state index contributed by atoms with van der Waals surface area (Å²) in [5.41, 5.74) is 6.99. The van der Waals surface area contributed by atoms with Crippen LogP contribution in [-0.2, 0) is 6.54 Å². The Morgan fingerprint density at radius 2 is 1.69 bits per heavy atom. The van der Waals surface area contributed by atoms with E-state index >= 15 is 0 Å². The second-order valence-corrected chi connectivity index (χ2v) is 8.49. The van der Waals surface area contributed by atoms with E-state index in [1.165, 1.54) is 22.5 Å². The van der Waals surface area contributed by atoms with Crippen LogP contribution in [0, 0.1) is 13.8 Å². The number of nitrogens with zero attached hydrogens (tertiary/aromatic N) is 4. The summed E-state index contributed by atoms with van der Waals surface area (Å²) in [5.74, 6) is 0. The van der Waals surface area contributed by atoms with Gasteiger partial charge in [0.15, 0.2) is 5.11 Å². The Labute approximate surface area is 193 Å². The fourth-order valence-corrected chi connectivity index (χ4v) is 4.97. The molecule has 0 bridgehead atoms. The molecule has 1 N–H and O–H groups in total. The van der Waals surface area contributed by atoms with Gasteiger partial charge in [0.1, 0.15) is 0 Å². The molecular weight excluding hydrogens is 414 g/mol. The maximum Gasteiger partial charge on any atom is 0.170 e. The van der Waals surface area contributed by atoms with Gasteiger partial charge in [-0.3, -0.25) is 9.97 Å². The van der Waals surface area contributed by atoms with Crippen LogP contribution in [0.3, 0.4) is 0 Å². The lowest BCUT2D eigenvalue weighted by Gasteiger charge is -2.28. The molecule has 0 radical (unpaired) electrons. The van der Waals surface area contributed by atoms with E-state index in [1.807, 2.05) is 48.9 Å². The van der Waals surface area contributed by atoms with Gasteiger partial charge in [0.2, 0.25) is 0 Å². The van der Waals surface area contributed by atoms with E-state index in [0.717, 1.165) is 16.5 Å². The molecule has 1 saturated heterocycles. The number of rotatable bonds is 5. The second-order valence-electron chi connectivity index (χ2n) is 8.11. The maximum absolute atomic E-state index is 5.83. The SMILES string of the molecule is Cc1cc([C@H]2[C@@H](c3ccccn3)NC(=S)N2Cc2ccncc2)c(C)n1-c1ccccc1. The summed E-state index contributed by atoms with van der Waals surface area (Å²) in [5, 5.41) is 4.30. The first-order valence-corrected chi connectivity index (χ1v) is 11.2. The predicted octanol–water partition coefficient (Wildman–Crippen LogP) is 5.06. The molecule has 5 nitrogen and oxygen atoms in total. The molecule has 0 unspecified atom stereocenters. The van der Waals surface area contributed by atoms with Crippen LogP contribution in [0.2, 0.25) is 0 Å². The van der Waals surface area contributed by atoms with Crippen molar-refractivity contribution in [3.05, 3.63) is 114 Å². The summed E-state index contributed by atoms with van der Waals surface area (Å²) in [6.45, 7) is 5.06. The van der Waals surface area contributed by atoms with Gasteiger partial charge < -0.3 is 14.8 Å². The number of hydrogen-bond acceptors (Lipinski definition) is 3. The van der Waals surface area contributed by atoms with Crippen molar-refractivity contribution >= 4 is 17.3 Å². The first-order chi connectivity index (χ1) is 15.6. The Hall–Kier alpha value is -3.51. The largest absolute Gasteiger partial charge is 0.352 e. The van der Waals surface area contributed by atoms with Crippen molar-refractivity contribution in [2.24, 2.45) is 0 Å². The molecule has 3 aromatic heterocycles. The van der Waals surface area contributed by atoms with Gasteiger partial charge >= 0.3 is 0 Å². The number of para-hydroxylation sites is 1. The molecular formula is C26H25N5S. The smallest absolute Gasteiger partial charge is 0.170 e. The van der Waals surface area contributed by atoms with Gasteiger partial charge in [-0.25, -0.2) is 0 Å². The molecule has 0 amide bonds. The molecule has 32 heavy (non-hydrogen) atoms. The third-order valence-electron chi connectivity index (χ3n) is 6.10. The normalized spacial score (nSPS) is 18.1. The standard InChI is InChI=1S/C26H25N5S/c1-18-16-22(19(2)31(18)21-8-4-3-5-9-21)25-24(23-10-6-7-13-28-23)29-26(32)30(25)17-20-11-14-27-15-12-20/h3-16,24-25H,17H2,1-2H3,(H,29,32)/t24-,25+/m1/s1. The minimum absolute atomic E-state index is 0.0224. The van der Waals surface area contributed by atoms with Gasteiger partial charge in [0.25, 0.3) is 0 Å². The van der Waals surface area contributed by atoms with E-state index in [2.05, 4.69) is 75.0 Å². The predicted molar refractivity (Wildman–Crippen MR) is 130 cm³/mol. The van der Waals surface area contributed by atoms with Crippen LogP contribution in [0.4, 0.5) is 0 Å². The lowest BCUT2D eigenvalue weighted by molar-refractivity contribution is 0.310. The van der Waals surface area contributed by atoms with Crippen LogP contribution < -0.4 is 5.32 Å². The van der Waals surface area contributed by atoms with Crippen LogP contribution in [-0.4, -0.2) is 24.5 Å². The molecule has 1 aromatic carbocycles. The summed E-state index contributed by atoms with van der Waals surface area (Å²) < 4.78 is 2.32. The van der Waals surface area contributed by atoms with Crippen molar-refractivity contribution in [1.29, 1.82) is 0 Å². The number of hydrogen-bond donors (Lipinski definition) is 1. The van der Waals surface area contributed by atoms with Crippen molar-refractivity contribution in [3.8, 4) is 5.69 Å². The number of benzene rings is 1.